The van der Waals surface area contributed by atoms with Gasteiger partial charge in [-0.1, -0.05) is 25.4 Å². The van der Waals surface area contributed by atoms with Crippen molar-refractivity contribution >= 4 is 11.6 Å². The van der Waals surface area contributed by atoms with Crippen molar-refractivity contribution in [3.63, 3.8) is 0 Å². The van der Waals surface area contributed by atoms with Gasteiger partial charge in [0.05, 0.1) is 17.0 Å². The van der Waals surface area contributed by atoms with Gasteiger partial charge in [-0.05, 0) is 6.92 Å². The molecule has 0 radical (unpaired) electrons. The van der Waals surface area contributed by atoms with Crippen LogP contribution in [0.25, 0.3) is 0 Å². The van der Waals surface area contributed by atoms with Gasteiger partial charge in [0, 0.05) is 44.6 Å². The molecule has 0 unspecified atom stereocenters. The average Bonchev–Trinajstić information content (AvgIpc) is 2.74. The minimum absolute atomic E-state index is 0.0163. The number of aromatic amines is 1. The molecule has 1 aliphatic rings. The van der Waals surface area contributed by atoms with Crippen molar-refractivity contribution in [2.45, 2.75) is 46.2 Å². The van der Waals surface area contributed by atoms with Crippen molar-refractivity contribution in [3.8, 4) is 0 Å². The first kappa shape index (κ1) is 16.2. The Morgan fingerprint density at radius 1 is 1.39 bits per heavy atom. The van der Waals surface area contributed by atoms with Gasteiger partial charge in [-0.15, -0.1) is 0 Å². The number of nitrogens with zero attached hydrogens (tertiary/aromatic N) is 4. The van der Waals surface area contributed by atoms with Crippen molar-refractivity contribution < 1.29 is 0 Å². The van der Waals surface area contributed by atoms with E-state index in [0.717, 1.165) is 41.3 Å². The first-order chi connectivity index (χ1) is 10.9. The number of H-pyrrole nitrogens is 1. The summed E-state index contributed by atoms with van der Waals surface area (Å²) in [6.07, 6.45) is 0.788. The predicted molar refractivity (Wildman–Crippen MR) is 89.7 cm³/mol. The van der Waals surface area contributed by atoms with E-state index in [1.165, 1.54) is 0 Å². The van der Waals surface area contributed by atoms with E-state index in [1.54, 1.807) is 4.68 Å². The molecule has 0 spiro atoms. The van der Waals surface area contributed by atoms with Crippen LogP contribution in [0.3, 0.4) is 0 Å². The molecule has 0 atom stereocenters. The molecule has 6 nitrogen and oxygen atoms in total. The van der Waals surface area contributed by atoms with Gasteiger partial charge < -0.3 is 4.98 Å². The molecule has 0 bridgehead atoms. The Labute approximate surface area is 140 Å². The summed E-state index contributed by atoms with van der Waals surface area (Å²) in [7, 11) is 1.84. The molecule has 0 aliphatic carbocycles. The third-order valence-corrected chi connectivity index (χ3v) is 4.84. The molecule has 0 saturated carbocycles. The minimum Gasteiger partial charge on any atom is -0.310 e. The fourth-order valence-electron chi connectivity index (χ4n) is 2.99. The zero-order valence-corrected chi connectivity index (χ0v) is 14.7. The van der Waals surface area contributed by atoms with Crippen LogP contribution in [0.2, 0.25) is 5.15 Å². The lowest BCUT2D eigenvalue weighted by atomic mass is 10.1. The molecule has 0 fully saturated rings. The van der Waals surface area contributed by atoms with Crippen LogP contribution < -0.4 is 5.56 Å². The van der Waals surface area contributed by atoms with E-state index in [1.807, 2.05) is 27.8 Å². The van der Waals surface area contributed by atoms with E-state index in [-0.39, 0.29) is 11.5 Å². The van der Waals surface area contributed by atoms with E-state index in [4.69, 9.17) is 11.6 Å². The summed E-state index contributed by atoms with van der Waals surface area (Å²) >= 11 is 6.31. The maximum absolute atomic E-state index is 12.4. The van der Waals surface area contributed by atoms with Crippen LogP contribution in [-0.2, 0) is 26.6 Å². The quantitative estimate of drug-likeness (QED) is 0.933. The van der Waals surface area contributed by atoms with Crippen LogP contribution in [0, 0.1) is 6.92 Å². The molecule has 0 saturated heterocycles. The third-order valence-electron chi connectivity index (χ3n) is 4.36. The normalized spacial score (nSPS) is 15.2. The number of fused-ring (bicyclic) bond motifs is 1. The van der Waals surface area contributed by atoms with Gasteiger partial charge in [0.15, 0.2) is 0 Å². The molecular weight excluding hydrogens is 314 g/mol. The Balaban J connectivity index is 1.85. The molecule has 124 valence electrons. The van der Waals surface area contributed by atoms with E-state index >= 15 is 0 Å². The summed E-state index contributed by atoms with van der Waals surface area (Å²) in [5.41, 5.74) is 3.66. The fourth-order valence-corrected chi connectivity index (χ4v) is 3.22. The molecule has 2 aromatic rings. The van der Waals surface area contributed by atoms with Crippen molar-refractivity contribution in [2.24, 2.45) is 7.05 Å². The molecule has 23 heavy (non-hydrogen) atoms. The van der Waals surface area contributed by atoms with Crippen molar-refractivity contribution in [3.05, 3.63) is 43.8 Å². The van der Waals surface area contributed by atoms with Crippen molar-refractivity contribution in [1.82, 2.24) is 24.6 Å². The van der Waals surface area contributed by atoms with E-state index in [9.17, 15) is 4.79 Å². The van der Waals surface area contributed by atoms with Gasteiger partial charge in [0.1, 0.15) is 11.0 Å². The van der Waals surface area contributed by atoms with E-state index in [2.05, 4.69) is 20.0 Å². The number of hydrogen-bond donors (Lipinski definition) is 1. The SMILES string of the molecule is Cc1nn(C)c(Cl)c1CN1CCc2nc(C(C)C)[nH]c(=O)c2C1. The maximum Gasteiger partial charge on any atom is 0.255 e. The first-order valence-corrected chi connectivity index (χ1v) is 8.27. The second kappa shape index (κ2) is 6.09. The summed E-state index contributed by atoms with van der Waals surface area (Å²) in [4.78, 5) is 22.1. The molecular formula is C16H22ClN5O. The Hall–Kier alpha value is -1.66. The molecule has 3 rings (SSSR count). The highest BCUT2D eigenvalue weighted by atomic mass is 35.5. The van der Waals surface area contributed by atoms with Crippen LogP contribution in [0.15, 0.2) is 4.79 Å². The summed E-state index contributed by atoms with van der Waals surface area (Å²) in [5.74, 6) is 0.997. The van der Waals surface area contributed by atoms with E-state index in [0.29, 0.717) is 18.2 Å². The molecule has 1 aliphatic heterocycles. The van der Waals surface area contributed by atoms with Gasteiger partial charge in [0.25, 0.3) is 5.56 Å². The monoisotopic (exact) mass is 335 g/mol. The van der Waals surface area contributed by atoms with Crippen LogP contribution in [0.5, 0.6) is 0 Å². The number of aromatic nitrogens is 4. The highest BCUT2D eigenvalue weighted by molar-refractivity contribution is 6.30. The summed E-state index contributed by atoms with van der Waals surface area (Å²) in [6.45, 7) is 8.19. The zero-order valence-electron chi connectivity index (χ0n) is 14.0. The Kier molecular flexibility index (Phi) is 4.29. The van der Waals surface area contributed by atoms with E-state index < -0.39 is 0 Å². The zero-order chi connectivity index (χ0) is 16.7. The largest absolute Gasteiger partial charge is 0.310 e. The Bertz CT molecular complexity index is 792. The summed E-state index contributed by atoms with van der Waals surface area (Å²) in [5, 5.41) is 5.01. The topological polar surface area (TPSA) is 66.8 Å². The smallest absolute Gasteiger partial charge is 0.255 e. The number of hydrogen-bond acceptors (Lipinski definition) is 4. The Morgan fingerprint density at radius 3 is 2.74 bits per heavy atom. The fraction of sp³-hybridized carbons (Fsp3) is 0.562. The number of nitrogens with one attached hydrogen (secondary N) is 1. The molecule has 7 heteroatoms. The third kappa shape index (κ3) is 3.05. The van der Waals surface area contributed by atoms with Crippen LogP contribution >= 0.6 is 11.6 Å². The second-order valence-corrected chi connectivity index (χ2v) is 6.83. The van der Waals surface area contributed by atoms with Gasteiger partial charge in [-0.2, -0.15) is 5.10 Å². The highest BCUT2D eigenvalue weighted by Gasteiger charge is 2.23. The number of rotatable bonds is 3. The lowest BCUT2D eigenvalue weighted by Gasteiger charge is -2.27. The lowest BCUT2D eigenvalue weighted by molar-refractivity contribution is 0.241. The second-order valence-electron chi connectivity index (χ2n) is 6.47. The molecule has 3 heterocycles. The van der Waals surface area contributed by atoms with Crippen LogP contribution in [0.1, 0.15) is 48.1 Å². The Morgan fingerprint density at radius 2 is 2.13 bits per heavy atom. The summed E-state index contributed by atoms with van der Waals surface area (Å²) in [6, 6.07) is 0. The molecule has 2 aromatic heterocycles. The molecule has 0 amide bonds. The number of halogens is 1. The summed E-state index contributed by atoms with van der Waals surface area (Å²) < 4.78 is 1.69. The predicted octanol–water partition coefficient (Wildman–Crippen LogP) is 2.15. The van der Waals surface area contributed by atoms with Crippen molar-refractivity contribution in [2.75, 3.05) is 6.54 Å². The van der Waals surface area contributed by atoms with Gasteiger partial charge in [-0.3, -0.25) is 14.4 Å². The van der Waals surface area contributed by atoms with Crippen molar-refractivity contribution in [1.29, 1.82) is 0 Å². The van der Waals surface area contributed by atoms with Crippen LogP contribution in [-0.4, -0.2) is 31.2 Å². The standard InChI is InChI=1S/C16H22ClN5O/c1-9(2)15-18-13-5-6-22(8-12(13)16(23)19-15)7-11-10(3)20-21(4)14(11)17/h9H,5-8H2,1-4H3,(H,18,19,23). The lowest BCUT2D eigenvalue weighted by Crippen LogP contribution is -2.36. The minimum atomic E-state index is -0.0163. The molecule has 0 aromatic carbocycles. The van der Waals surface area contributed by atoms with Gasteiger partial charge >= 0.3 is 0 Å². The van der Waals surface area contributed by atoms with Gasteiger partial charge in [0.2, 0.25) is 0 Å². The first-order valence-electron chi connectivity index (χ1n) is 7.89. The van der Waals surface area contributed by atoms with Gasteiger partial charge in [-0.25, -0.2) is 4.98 Å². The number of aryl methyl sites for hydroxylation is 2. The van der Waals surface area contributed by atoms with Crippen LogP contribution in [0.4, 0.5) is 0 Å². The highest BCUT2D eigenvalue weighted by Crippen LogP contribution is 2.23. The molecule has 1 N–H and O–H groups in total. The average molecular weight is 336 g/mol. The maximum atomic E-state index is 12.4.